The molecule has 0 saturated heterocycles. The summed E-state index contributed by atoms with van der Waals surface area (Å²) in [6.45, 7) is 3.71. The number of carboxylic acid groups (broad SMARTS) is 1. The SMILES string of the molecule is Cc1n[nH]c(C)c1C(=O)NCC1(C(=O)O)CCCC1. The molecule has 1 amide bonds. The van der Waals surface area contributed by atoms with Crippen molar-refractivity contribution < 1.29 is 14.7 Å². The molecule has 0 spiro atoms. The monoisotopic (exact) mass is 265 g/mol. The summed E-state index contributed by atoms with van der Waals surface area (Å²) in [6, 6.07) is 0. The van der Waals surface area contributed by atoms with Crippen LogP contribution in [-0.4, -0.2) is 33.7 Å². The summed E-state index contributed by atoms with van der Waals surface area (Å²) in [7, 11) is 0. The first-order chi connectivity index (χ1) is 8.96. The van der Waals surface area contributed by atoms with Crippen LogP contribution < -0.4 is 5.32 Å². The lowest BCUT2D eigenvalue weighted by molar-refractivity contribution is -0.148. The van der Waals surface area contributed by atoms with E-state index in [0.29, 0.717) is 29.8 Å². The summed E-state index contributed by atoms with van der Waals surface area (Å²) < 4.78 is 0. The Morgan fingerprint density at radius 2 is 2.00 bits per heavy atom. The first kappa shape index (κ1) is 13.6. The molecule has 1 heterocycles. The van der Waals surface area contributed by atoms with Gasteiger partial charge in [-0.15, -0.1) is 0 Å². The number of nitrogens with one attached hydrogen (secondary N) is 2. The zero-order valence-electron chi connectivity index (χ0n) is 11.2. The van der Waals surface area contributed by atoms with Crippen LogP contribution >= 0.6 is 0 Å². The third-order valence-electron chi connectivity index (χ3n) is 3.96. The molecule has 0 radical (unpaired) electrons. The second-order valence-corrected chi connectivity index (χ2v) is 5.28. The molecule has 1 aliphatic rings. The van der Waals surface area contributed by atoms with Crippen LogP contribution in [0.2, 0.25) is 0 Å². The molecule has 0 unspecified atom stereocenters. The van der Waals surface area contributed by atoms with Crippen molar-refractivity contribution in [3.8, 4) is 0 Å². The molecule has 104 valence electrons. The van der Waals surface area contributed by atoms with Gasteiger partial charge in [0.05, 0.1) is 16.7 Å². The lowest BCUT2D eigenvalue weighted by Gasteiger charge is -2.23. The highest BCUT2D eigenvalue weighted by atomic mass is 16.4. The van der Waals surface area contributed by atoms with Crippen molar-refractivity contribution in [1.82, 2.24) is 15.5 Å². The topological polar surface area (TPSA) is 95.1 Å². The van der Waals surface area contributed by atoms with Gasteiger partial charge in [0, 0.05) is 12.2 Å². The van der Waals surface area contributed by atoms with Crippen molar-refractivity contribution in [3.05, 3.63) is 17.0 Å². The van der Waals surface area contributed by atoms with E-state index in [0.717, 1.165) is 12.8 Å². The van der Waals surface area contributed by atoms with Gasteiger partial charge in [0.25, 0.3) is 5.91 Å². The molecule has 6 nitrogen and oxygen atoms in total. The third-order valence-corrected chi connectivity index (χ3v) is 3.96. The molecule has 19 heavy (non-hydrogen) atoms. The average molecular weight is 265 g/mol. The van der Waals surface area contributed by atoms with E-state index < -0.39 is 11.4 Å². The lowest BCUT2D eigenvalue weighted by Crippen LogP contribution is -2.41. The summed E-state index contributed by atoms with van der Waals surface area (Å²) in [6.07, 6.45) is 3.08. The molecule has 0 bridgehead atoms. The van der Waals surface area contributed by atoms with Crippen LogP contribution in [0.4, 0.5) is 0 Å². The van der Waals surface area contributed by atoms with Crippen molar-refractivity contribution >= 4 is 11.9 Å². The molecule has 1 aromatic heterocycles. The molecule has 1 aromatic rings. The second-order valence-electron chi connectivity index (χ2n) is 5.28. The number of aryl methyl sites for hydroxylation is 2. The minimum absolute atomic E-state index is 0.186. The summed E-state index contributed by atoms with van der Waals surface area (Å²) in [4.78, 5) is 23.5. The van der Waals surface area contributed by atoms with Crippen molar-refractivity contribution in [2.75, 3.05) is 6.54 Å². The Morgan fingerprint density at radius 3 is 2.47 bits per heavy atom. The number of H-pyrrole nitrogens is 1. The molecule has 1 aliphatic carbocycles. The number of nitrogens with zero attached hydrogens (tertiary/aromatic N) is 1. The highest BCUT2D eigenvalue weighted by Gasteiger charge is 2.41. The minimum atomic E-state index is -0.814. The van der Waals surface area contributed by atoms with Crippen molar-refractivity contribution in [3.63, 3.8) is 0 Å². The third kappa shape index (κ3) is 2.47. The van der Waals surface area contributed by atoms with E-state index in [9.17, 15) is 14.7 Å². The van der Waals surface area contributed by atoms with E-state index in [1.165, 1.54) is 0 Å². The van der Waals surface area contributed by atoms with Crippen LogP contribution in [0.3, 0.4) is 0 Å². The number of carbonyl (C=O) groups excluding carboxylic acids is 1. The van der Waals surface area contributed by atoms with Gasteiger partial charge in [-0.25, -0.2) is 0 Å². The molecule has 0 aliphatic heterocycles. The molecule has 6 heteroatoms. The van der Waals surface area contributed by atoms with Crippen molar-refractivity contribution in [2.45, 2.75) is 39.5 Å². The Labute approximate surface area is 111 Å². The zero-order chi connectivity index (χ0) is 14.0. The molecule has 0 atom stereocenters. The number of aromatic nitrogens is 2. The van der Waals surface area contributed by atoms with Crippen LogP contribution in [0.1, 0.15) is 47.4 Å². The molecule has 3 N–H and O–H groups in total. The fourth-order valence-electron chi connectivity index (χ4n) is 2.74. The molecular formula is C13H19N3O3. The molecule has 0 aromatic carbocycles. The number of carboxylic acids is 1. The highest BCUT2D eigenvalue weighted by molar-refractivity contribution is 5.96. The van der Waals surface area contributed by atoms with Gasteiger partial charge >= 0.3 is 5.97 Å². The number of carbonyl (C=O) groups is 2. The summed E-state index contributed by atoms with van der Waals surface area (Å²) in [5, 5.41) is 18.8. The largest absolute Gasteiger partial charge is 0.481 e. The average Bonchev–Trinajstić information content (AvgIpc) is 2.95. The van der Waals surface area contributed by atoms with Gasteiger partial charge in [0.1, 0.15) is 0 Å². The molecule has 2 rings (SSSR count). The maximum atomic E-state index is 12.1. The van der Waals surface area contributed by atoms with Gasteiger partial charge in [-0.1, -0.05) is 12.8 Å². The Bertz CT molecular complexity index is 482. The van der Waals surface area contributed by atoms with Gasteiger partial charge in [-0.05, 0) is 26.7 Å². The Balaban J connectivity index is 2.06. The zero-order valence-corrected chi connectivity index (χ0v) is 11.2. The number of rotatable bonds is 4. The predicted octanol–water partition coefficient (Wildman–Crippen LogP) is 1.40. The predicted molar refractivity (Wildman–Crippen MR) is 68.9 cm³/mol. The van der Waals surface area contributed by atoms with Gasteiger partial charge in [-0.3, -0.25) is 14.7 Å². The number of amides is 1. The lowest BCUT2D eigenvalue weighted by atomic mass is 9.86. The van der Waals surface area contributed by atoms with E-state index in [-0.39, 0.29) is 12.5 Å². The fourth-order valence-corrected chi connectivity index (χ4v) is 2.74. The summed E-state index contributed by atoms with van der Waals surface area (Å²) >= 11 is 0. The van der Waals surface area contributed by atoms with E-state index in [4.69, 9.17) is 0 Å². The molecule has 1 fully saturated rings. The van der Waals surface area contributed by atoms with Crippen LogP contribution in [0, 0.1) is 19.3 Å². The van der Waals surface area contributed by atoms with Gasteiger partial charge in [0.2, 0.25) is 0 Å². The number of hydrogen-bond donors (Lipinski definition) is 3. The van der Waals surface area contributed by atoms with Crippen molar-refractivity contribution in [1.29, 1.82) is 0 Å². The van der Waals surface area contributed by atoms with Crippen molar-refractivity contribution in [2.24, 2.45) is 5.41 Å². The van der Waals surface area contributed by atoms with Gasteiger partial charge in [0.15, 0.2) is 0 Å². The van der Waals surface area contributed by atoms with Crippen LogP contribution in [-0.2, 0) is 4.79 Å². The molecule has 1 saturated carbocycles. The highest BCUT2D eigenvalue weighted by Crippen LogP contribution is 2.37. The van der Waals surface area contributed by atoms with E-state index >= 15 is 0 Å². The van der Waals surface area contributed by atoms with Gasteiger partial charge < -0.3 is 10.4 Å². The maximum Gasteiger partial charge on any atom is 0.311 e. The minimum Gasteiger partial charge on any atom is -0.481 e. The maximum absolute atomic E-state index is 12.1. The summed E-state index contributed by atoms with van der Waals surface area (Å²) in [5.41, 5.74) is 1.05. The van der Waals surface area contributed by atoms with E-state index in [2.05, 4.69) is 15.5 Å². The molecular weight excluding hydrogens is 246 g/mol. The quantitative estimate of drug-likeness (QED) is 0.766. The number of aliphatic carboxylic acids is 1. The summed E-state index contributed by atoms with van der Waals surface area (Å²) in [5.74, 6) is -1.07. The fraction of sp³-hybridized carbons (Fsp3) is 0.615. The van der Waals surface area contributed by atoms with Gasteiger partial charge in [-0.2, -0.15) is 5.10 Å². The van der Waals surface area contributed by atoms with Crippen LogP contribution in [0.25, 0.3) is 0 Å². The first-order valence-electron chi connectivity index (χ1n) is 6.49. The normalized spacial score (nSPS) is 17.4. The second kappa shape index (κ2) is 5.03. The van der Waals surface area contributed by atoms with E-state index in [1.54, 1.807) is 13.8 Å². The Kier molecular flexibility index (Phi) is 3.59. The Morgan fingerprint density at radius 1 is 1.37 bits per heavy atom. The van der Waals surface area contributed by atoms with Crippen LogP contribution in [0.15, 0.2) is 0 Å². The number of aromatic amines is 1. The Hall–Kier alpha value is -1.85. The smallest absolute Gasteiger partial charge is 0.311 e. The first-order valence-corrected chi connectivity index (χ1v) is 6.49. The van der Waals surface area contributed by atoms with E-state index in [1.807, 2.05) is 0 Å². The standard InChI is InChI=1S/C13H19N3O3/c1-8-10(9(2)16-15-8)11(17)14-7-13(12(18)19)5-3-4-6-13/h3-7H2,1-2H3,(H,14,17)(H,15,16)(H,18,19). The van der Waals surface area contributed by atoms with Crippen LogP contribution in [0.5, 0.6) is 0 Å². The number of hydrogen-bond acceptors (Lipinski definition) is 3.